The van der Waals surface area contributed by atoms with Crippen molar-refractivity contribution in [2.75, 3.05) is 40.4 Å². The van der Waals surface area contributed by atoms with Gasteiger partial charge in [0.2, 0.25) is 0 Å². The van der Waals surface area contributed by atoms with Gasteiger partial charge in [0.1, 0.15) is 0 Å². The number of nitrogens with zero attached hydrogens (tertiary/aromatic N) is 2. The third kappa shape index (κ3) is 2.74. The van der Waals surface area contributed by atoms with Crippen molar-refractivity contribution in [1.82, 2.24) is 9.80 Å². The molecule has 0 radical (unpaired) electrons. The highest BCUT2D eigenvalue weighted by Gasteiger charge is 2.31. The number of ether oxygens (including phenoxy) is 1. The third-order valence-electron chi connectivity index (χ3n) is 4.17. The van der Waals surface area contributed by atoms with Gasteiger partial charge in [-0.3, -0.25) is 4.90 Å². The van der Waals surface area contributed by atoms with Gasteiger partial charge in [-0.1, -0.05) is 0 Å². The summed E-state index contributed by atoms with van der Waals surface area (Å²) in [4.78, 5) is 4.87. The van der Waals surface area contributed by atoms with E-state index in [0.717, 1.165) is 19.6 Å². The Bertz CT molecular complexity index is 216. The molecule has 0 aromatic carbocycles. The topological polar surface area (TPSA) is 41.7 Å². The maximum atomic E-state index is 6.18. The molecule has 0 amide bonds. The lowest BCUT2D eigenvalue weighted by Gasteiger charge is -2.43. The molecule has 2 fully saturated rings. The van der Waals surface area contributed by atoms with Crippen LogP contribution in [0.4, 0.5) is 0 Å². The van der Waals surface area contributed by atoms with Crippen molar-refractivity contribution < 1.29 is 4.74 Å². The lowest BCUT2D eigenvalue weighted by molar-refractivity contribution is -0.00957. The Labute approximate surface area is 98.7 Å². The largest absolute Gasteiger partial charge is 0.380 e. The molecule has 2 atom stereocenters. The molecule has 2 aliphatic heterocycles. The summed E-state index contributed by atoms with van der Waals surface area (Å²) in [7, 11) is 4.42. The van der Waals surface area contributed by atoms with E-state index in [4.69, 9.17) is 10.5 Å². The molecule has 2 unspecified atom stereocenters. The smallest absolute Gasteiger partial charge is 0.0636 e. The molecule has 2 aliphatic rings. The fourth-order valence-electron chi connectivity index (χ4n) is 2.83. The number of rotatable bonds is 2. The minimum absolute atomic E-state index is 0.290. The first-order valence-corrected chi connectivity index (χ1v) is 6.42. The Balaban J connectivity index is 1.88. The molecule has 0 spiro atoms. The summed E-state index contributed by atoms with van der Waals surface area (Å²) in [6.07, 6.45) is 3.52. The number of nitrogens with two attached hydrogens (primary N) is 1. The zero-order chi connectivity index (χ0) is 11.5. The third-order valence-corrected chi connectivity index (χ3v) is 4.17. The second kappa shape index (κ2) is 5.45. The molecule has 4 heteroatoms. The predicted octanol–water partition coefficient (Wildman–Crippen LogP) is 0.129. The van der Waals surface area contributed by atoms with Crippen molar-refractivity contribution in [3.05, 3.63) is 0 Å². The van der Waals surface area contributed by atoms with Crippen molar-refractivity contribution in [3.63, 3.8) is 0 Å². The van der Waals surface area contributed by atoms with Crippen LogP contribution in [0.25, 0.3) is 0 Å². The highest BCUT2D eigenvalue weighted by molar-refractivity contribution is 4.88. The Morgan fingerprint density at radius 1 is 1.25 bits per heavy atom. The zero-order valence-electron chi connectivity index (χ0n) is 10.6. The maximum absolute atomic E-state index is 6.18. The molecular formula is C12H25N3O. The molecule has 0 bridgehead atoms. The number of piperidine rings is 1. The molecule has 2 N–H and O–H groups in total. The van der Waals surface area contributed by atoms with Gasteiger partial charge in [0.05, 0.1) is 6.61 Å². The van der Waals surface area contributed by atoms with E-state index in [2.05, 4.69) is 23.9 Å². The van der Waals surface area contributed by atoms with Gasteiger partial charge >= 0.3 is 0 Å². The summed E-state index contributed by atoms with van der Waals surface area (Å²) in [5.41, 5.74) is 6.18. The summed E-state index contributed by atoms with van der Waals surface area (Å²) in [6.45, 7) is 4.05. The van der Waals surface area contributed by atoms with Crippen LogP contribution < -0.4 is 5.73 Å². The van der Waals surface area contributed by atoms with E-state index >= 15 is 0 Å². The second-order valence-corrected chi connectivity index (χ2v) is 5.29. The minimum atomic E-state index is 0.290. The van der Waals surface area contributed by atoms with Crippen LogP contribution in [0.2, 0.25) is 0 Å². The minimum Gasteiger partial charge on any atom is -0.380 e. The highest BCUT2D eigenvalue weighted by atomic mass is 16.5. The predicted molar refractivity (Wildman–Crippen MR) is 65.5 cm³/mol. The molecule has 94 valence electrons. The molecule has 2 rings (SSSR count). The van der Waals surface area contributed by atoms with E-state index in [1.54, 1.807) is 0 Å². The molecule has 4 nitrogen and oxygen atoms in total. The Kier molecular flexibility index (Phi) is 4.19. The van der Waals surface area contributed by atoms with Gasteiger partial charge in [0.15, 0.2) is 0 Å². The van der Waals surface area contributed by atoms with E-state index in [9.17, 15) is 0 Å². The van der Waals surface area contributed by atoms with Crippen LogP contribution in [0.3, 0.4) is 0 Å². The van der Waals surface area contributed by atoms with E-state index in [1.165, 1.54) is 25.9 Å². The lowest BCUT2D eigenvalue weighted by atomic mass is 9.97. The summed E-state index contributed by atoms with van der Waals surface area (Å²) < 4.78 is 5.55. The van der Waals surface area contributed by atoms with Gasteiger partial charge < -0.3 is 15.4 Å². The molecular weight excluding hydrogens is 202 g/mol. The van der Waals surface area contributed by atoms with Crippen molar-refractivity contribution >= 4 is 0 Å². The van der Waals surface area contributed by atoms with Crippen LogP contribution in [0.15, 0.2) is 0 Å². The first kappa shape index (κ1) is 12.3. The monoisotopic (exact) mass is 227 g/mol. The van der Waals surface area contributed by atoms with Crippen LogP contribution in [-0.2, 0) is 4.74 Å². The van der Waals surface area contributed by atoms with Gasteiger partial charge in [-0.05, 0) is 46.4 Å². The summed E-state index contributed by atoms with van der Waals surface area (Å²) in [5.74, 6) is 0. The number of likely N-dealkylation sites (N-methyl/N-ethyl adjacent to an activating group) is 1. The highest BCUT2D eigenvalue weighted by Crippen LogP contribution is 2.20. The van der Waals surface area contributed by atoms with Crippen LogP contribution in [-0.4, -0.2) is 68.3 Å². The van der Waals surface area contributed by atoms with E-state index in [0.29, 0.717) is 18.1 Å². The van der Waals surface area contributed by atoms with Gasteiger partial charge in [-0.2, -0.15) is 0 Å². The average molecular weight is 227 g/mol. The second-order valence-electron chi connectivity index (χ2n) is 5.29. The Hall–Kier alpha value is -0.160. The standard InChI is InChI=1S/C12H25N3O/c1-14-6-3-10(4-7-14)15(2)12-9-16-8-5-11(12)13/h10-12H,3-9,13H2,1-2H3. The van der Waals surface area contributed by atoms with E-state index < -0.39 is 0 Å². The van der Waals surface area contributed by atoms with Crippen LogP contribution >= 0.6 is 0 Å². The van der Waals surface area contributed by atoms with Crippen molar-refractivity contribution in [2.45, 2.75) is 37.4 Å². The van der Waals surface area contributed by atoms with Crippen molar-refractivity contribution in [1.29, 1.82) is 0 Å². The SMILES string of the molecule is CN1CCC(N(C)C2COCCC2N)CC1. The van der Waals surface area contributed by atoms with Crippen molar-refractivity contribution in [3.8, 4) is 0 Å². The summed E-state index contributed by atoms with van der Waals surface area (Å²) in [6, 6.07) is 1.40. The lowest BCUT2D eigenvalue weighted by Crippen LogP contribution is -2.56. The molecule has 2 heterocycles. The number of likely N-dealkylation sites (tertiary alicyclic amines) is 1. The Morgan fingerprint density at radius 3 is 2.56 bits per heavy atom. The molecule has 0 aromatic rings. The molecule has 0 aromatic heterocycles. The van der Waals surface area contributed by atoms with Gasteiger partial charge in [-0.25, -0.2) is 0 Å². The van der Waals surface area contributed by atoms with Crippen molar-refractivity contribution in [2.24, 2.45) is 5.73 Å². The van der Waals surface area contributed by atoms with Crippen LogP contribution in [0.1, 0.15) is 19.3 Å². The quantitative estimate of drug-likeness (QED) is 0.728. The molecule has 16 heavy (non-hydrogen) atoms. The molecule has 0 aliphatic carbocycles. The number of hydrogen-bond acceptors (Lipinski definition) is 4. The zero-order valence-corrected chi connectivity index (χ0v) is 10.6. The molecule has 0 saturated carbocycles. The first-order valence-electron chi connectivity index (χ1n) is 6.42. The van der Waals surface area contributed by atoms with Gasteiger partial charge in [0, 0.05) is 24.7 Å². The van der Waals surface area contributed by atoms with E-state index in [-0.39, 0.29) is 0 Å². The van der Waals surface area contributed by atoms with Gasteiger partial charge in [-0.15, -0.1) is 0 Å². The fourth-order valence-corrected chi connectivity index (χ4v) is 2.83. The van der Waals surface area contributed by atoms with Crippen LogP contribution in [0.5, 0.6) is 0 Å². The summed E-state index contributed by atoms with van der Waals surface area (Å²) in [5, 5.41) is 0. The van der Waals surface area contributed by atoms with Crippen LogP contribution in [0, 0.1) is 0 Å². The Morgan fingerprint density at radius 2 is 1.94 bits per heavy atom. The summed E-state index contributed by atoms with van der Waals surface area (Å²) >= 11 is 0. The van der Waals surface area contributed by atoms with E-state index in [1.807, 2.05) is 0 Å². The first-order chi connectivity index (χ1) is 7.68. The molecule has 2 saturated heterocycles. The maximum Gasteiger partial charge on any atom is 0.0636 e. The normalized spacial score (nSPS) is 34.5. The number of hydrogen-bond donors (Lipinski definition) is 1. The van der Waals surface area contributed by atoms with Gasteiger partial charge in [0.25, 0.3) is 0 Å². The fraction of sp³-hybridized carbons (Fsp3) is 1.00. The average Bonchev–Trinajstić information content (AvgIpc) is 2.30.